The Labute approximate surface area is 208 Å². The Bertz CT molecular complexity index is 1320. The van der Waals surface area contributed by atoms with Crippen LogP contribution in [0.25, 0.3) is 10.9 Å². The molecule has 0 aliphatic carbocycles. The Balaban J connectivity index is 1.54. The van der Waals surface area contributed by atoms with Crippen molar-refractivity contribution >= 4 is 56.9 Å². The number of fused-ring (bicyclic) bond motifs is 2. The van der Waals surface area contributed by atoms with Gasteiger partial charge in [0.25, 0.3) is 5.91 Å². The van der Waals surface area contributed by atoms with Crippen LogP contribution < -0.4 is 9.64 Å². The zero-order valence-corrected chi connectivity index (χ0v) is 21.1. The van der Waals surface area contributed by atoms with E-state index < -0.39 is 0 Å². The van der Waals surface area contributed by atoms with Crippen LogP contribution in [0.1, 0.15) is 26.7 Å². The minimum absolute atomic E-state index is 0.0281. The van der Waals surface area contributed by atoms with E-state index >= 15 is 0 Å². The van der Waals surface area contributed by atoms with Gasteiger partial charge in [0.15, 0.2) is 5.17 Å². The van der Waals surface area contributed by atoms with Gasteiger partial charge < -0.3 is 9.64 Å². The number of aliphatic imine (C=N–C) groups is 1. The Kier molecular flexibility index (Phi) is 6.52. The number of unbranched alkanes of at least 4 members (excludes halogenated alkanes) is 1. The first-order valence-electron chi connectivity index (χ1n) is 11.4. The highest BCUT2D eigenvalue weighted by Crippen LogP contribution is 2.51. The van der Waals surface area contributed by atoms with Gasteiger partial charge in [-0.05, 0) is 61.5 Å². The lowest BCUT2D eigenvalue weighted by molar-refractivity contribution is -0.122. The molecule has 3 aromatic rings. The van der Waals surface area contributed by atoms with E-state index in [4.69, 9.17) is 9.73 Å². The molecule has 0 unspecified atom stereocenters. The summed E-state index contributed by atoms with van der Waals surface area (Å²) in [5, 5.41) is 2.73. The zero-order chi connectivity index (χ0) is 23.7. The second kappa shape index (κ2) is 9.72. The van der Waals surface area contributed by atoms with Crippen LogP contribution in [0.4, 0.5) is 11.4 Å². The molecule has 1 saturated heterocycles. The summed E-state index contributed by atoms with van der Waals surface area (Å²) in [5.41, 5.74) is 2.83. The van der Waals surface area contributed by atoms with Crippen molar-refractivity contribution < 1.29 is 9.53 Å². The largest absolute Gasteiger partial charge is 0.497 e. The normalized spacial score (nSPS) is 18.9. The number of aromatic nitrogens is 1. The number of carbonyl (C=O) groups is 1. The number of carbonyl (C=O) groups excluding carboxylic acids is 1. The van der Waals surface area contributed by atoms with Gasteiger partial charge in [0.1, 0.15) is 15.7 Å². The van der Waals surface area contributed by atoms with Gasteiger partial charge in [0.2, 0.25) is 0 Å². The topological polar surface area (TPSA) is 58.0 Å². The molecule has 3 heterocycles. The predicted octanol–water partition coefficient (Wildman–Crippen LogP) is 6.41. The molecule has 1 fully saturated rings. The number of rotatable bonds is 6. The van der Waals surface area contributed by atoms with Crippen LogP contribution in [0.5, 0.6) is 5.75 Å². The van der Waals surface area contributed by atoms with E-state index in [1.54, 1.807) is 25.1 Å². The summed E-state index contributed by atoms with van der Waals surface area (Å²) in [5.74, 6) is 0.840. The molecule has 0 atom stereocenters. The molecular formula is C26H26N4O2S2. The molecule has 34 heavy (non-hydrogen) atoms. The van der Waals surface area contributed by atoms with Crippen LogP contribution in [0.15, 0.2) is 74.5 Å². The number of hydrogen-bond donors (Lipinski definition) is 0. The Morgan fingerprint density at radius 1 is 1.06 bits per heavy atom. The highest BCUT2D eigenvalue weighted by molar-refractivity contribution is 8.19. The number of anilines is 1. The summed E-state index contributed by atoms with van der Waals surface area (Å²) >= 11 is 3.11. The third-order valence-corrected chi connectivity index (χ3v) is 8.21. The van der Waals surface area contributed by atoms with Crippen molar-refractivity contribution in [1.29, 1.82) is 0 Å². The van der Waals surface area contributed by atoms with Crippen molar-refractivity contribution in [3.8, 4) is 5.75 Å². The summed E-state index contributed by atoms with van der Waals surface area (Å²) in [6.07, 6.45) is 3.73. The lowest BCUT2D eigenvalue weighted by Crippen LogP contribution is -2.30. The van der Waals surface area contributed by atoms with E-state index in [1.165, 1.54) is 11.8 Å². The molecule has 0 bridgehead atoms. The maximum atomic E-state index is 13.6. The van der Waals surface area contributed by atoms with Gasteiger partial charge in [-0.25, -0.2) is 4.99 Å². The predicted molar refractivity (Wildman–Crippen MR) is 142 cm³/mol. The van der Waals surface area contributed by atoms with E-state index in [1.807, 2.05) is 47.4 Å². The lowest BCUT2D eigenvalue weighted by Gasteiger charge is -2.19. The molecule has 0 N–H and O–H groups in total. The number of nitrogens with zero attached hydrogens (tertiary/aromatic N) is 4. The van der Waals surface area contributed by atoms with Crippen LogP contribution in [0.2, 0.25) is 0 Å². The second-order valence-corrected chi connectivity index (χ2v) is 10.0. The Morgan fingerprint density at radius 2 is 1.94 bits per heavy atom. The summed E-state index contributed by atoms with van der Waals surface area (Å²) in [6, 6.07) is 16.0. The van der Waals surface area contributed by atoms with Gasteiger partial charge in [0.05, 0.1) is 24.0 Å². The van der Waals surface area contributed by atoms with Crippen molar-refractivity contribution in [2.45, 2.75) is 31.6 Å². The van der Waals surface area contributed by atoms with E-state index in [-0.39, 0.29) is 5.91 Å². The molecule has 8 heteroatoms. The van der Waals surface area contributed by atoms with Gasteiger partial charge >= 0.3 is 0 Å². The lowest BCUT2D eigenvalue weighted by atomic mass is 10.2. The number of thioether (sulfide) groups is 2. The number of amides is 1. The number of methoxy groups -OCH3 is 1. The molecular weight excluding hydrogens is 464 g/mol. The maximum absolute atomic E-state index is 13.6. The van der Waals surface area contributed by atoms with Crippen LogP contribution in [0.3, 0.4) is 0 Å². The molecule has 5 rings (SSSR count). The first-order valence-corrected chi connectivity index (χ1v) is 13.1. The van der Waals surface area contributed by atoms with Crippen LogP contribution >= 0.6 is 23.5 Å². The minimum Gasteiger partial charge on any atom is -0.497 e. The molecule has 1 aromatic heterocycles. The van der Waals surface area contributed by atoms with Crippen molar-refractivity contribution in [3.05, 3.63) is 64.7 Å². The fraction of sp³-hybridized carbons (Fsp3) is 0.269. The highest BCUT2D eigenvalue weighted by Gasteiger charge is 2.39. The third kappa shape index (κ3) is 4.16. The highest BCUT2D eigenvalue weighted by atomic mass is 32.2. The summed E-state index contributed by atoms with van der Waals surface area (Å²) in [4.78, 5) is 28.8. The molecule has 2 aromatic carbocycles. The first-order chi connectivity index (χ1) is 16.6. The van der Waals surface area contributed by atoms with Crippen molar-refractivity contribution in [2.75, 3.05) is 25.1 Å². The number of pyridine rings is 1. The van der Waals surface area contributed by atoms with E-state index in [0.29, 0.717) is 6.54 Å². The van der Waals surface area contributed by atoms with E-state index in [9.17, 15) is 4.79 Å². The van der Waals surface area contributed by atoms with Gasteiger partial charge in [-0.1, -0.05) is 31.2 Å². The average Bonchev–Trinajstić information content (AvgIpc) is 3.38. The number of benzene rings is 2. The summed E-state index contributed by atoms with van der Waals surface area (Å²) in [6.45, 7) is 5.66. The molecule has 2 aliphatic rings. The van der Waals surface area contributed by atoms with Crippen LogP contribution in [-0.4, -0.2) is 41.2 Å². The fourth-order valence-corrected chi connectivity index (χ4v) is 6.45. The molecule has 174 valence electrons. The molecule has 0 radical (unpaired) electrons. The third-order valence-electron chi connectivity index (χ3n) is 5.83. The zero-order valence-electron chi connectivity index (χ0n) is 19.4. The molecule has 0 spiro atoms. The summed E-state index contributed by atoms with van der Waals surface area (Å²) < 4.78 is 5.43. The molecule has 0 saturated carbocycles. The van der Waals surface area contributed by atoms with Gasteiger partial charge in [0, 0.05) is 35.6 Å². The van der Waals surface area contributed by atoms with Crippen molar-refractivity contribution in [2.24, 2.45) is 4.99 Å². The van der Waals surface area contributed by atoms with Crippen molar-refractivity contribution in [3.63, 3.8) is 0 Å². The SMILES string of the molecule is CCCCN1C(=O)C(=C2Sc3ccc(OC)cc3N2CC)SC1=Nc1ccc2ncccc2c1. The van der Waals surface area contributed by atoms with Crippen LogP contribution in [0, 0.1) is 0 Å². The molecule has 1 amide bonds. The fourth-order valence-electron chi connectivity index (χ4n) is 4.05. The summed E-state index contributed by atoms with van der Waals surface area (Å²) in [7, 11) is 1.67. The van der Waals surface area contributed by atoms with E-state index in [0.717, 1.165) is 67.4 Å². The maximum Gasteiger partial charge on any atom is 0.269 e. The minimum atomic E-state index is 0.0281. The number of amidine groups is 1. The second-order valence-electron chi connectivity index (χ2n) is 8.00. The first kappa shape index (κ1) is 22.8. The Hall–Kier alpha value is -2.97. The monoisotopic (exact) mass is 490 g/mol. The Morgan fingerprint density at radius 3 is 2.74 bits per heavy atom. The number of ether oxygens (including phenoxy) is 1. The van der Waals surface area contributed by atoms with Gasteiger partial charge in [-0.3, -0.25) is 14.7 Å². The van der Waals surface area contributed by atoms with Gasteiger partial charge in [-0.15, -0.1) is 0 Å². The average molecular weight is 491 g/mol. The molecule has 2 aliphatic heterocycles. The standard InChI is InChI=1S/C26H26N4O2S2/c1-4-6-14-30-24(31)23(25-29(5-2)21-16-19(32-3)10-12-22(21)33-25)34-26(30)28-18-9-11-20-17(15-18)8-7-13-27-20/h7-13,15-16H,4-6,14H2,1-3H3. The quantitative estimate of drug-likeness (QED) is 0.372. The van der Waals surface area contributed by atoms with E-state index in [2.05, 4.69) is 29.8 Å². The van der Waals surface area contributed by atoms with Crippen molar-refractivity contribution in [1.82, 2.24) is 9.88 Å². The molecule has 6 nitrogen and oxygen atoms in total. The van der Waals surface area contributed by atoms with Crippen LogP contribution in [-0.2, 0) is 4.79 Å². The number of hydrogen-bond acceptors (Lipinski definition) is 7. The smallest absolute Gasteiger partial charge is 0.269 e. The van der Waals surface area contributed by atoms with Gasteiger partial charge in [-0.2, -0.15) is 0 Å².